The van der Waals surface area contributed by atoms with E-state index in [0.717, 1.165) is 16.6 Å². The molecule has 0 saturated carbocycles. The molecule has 3 nitrogen and oxygen atoms in total. The Kier molecular flexibility index (Phi) is 7.13. The highest BCUT2D eigenvalue weighted by Gasteiger charge is 2.08. The Labute approximate surface area is 123 Å². The minimum atomic E-state index is -0.527. The van der Waals surface area contributed by atoms with E-state index in [1.165, 1.54) is 5.56 Å². The number of hydrogen-bond donors (Lipinski definition) is 2. The molecule has 0 fully saturated rings. The zero-order valence-corrected chi connectivity index (χ0v) is 13.1. The van der Waals surface area contributed by atoms with Gasteiger partial charge in [0.05, 0.1) is 4.47 Å². The quantitative estimate of drug-likeness (QED) is 0.721. The van der Waals surface area contributed by atoms with Crippen molar-refractivity contribution < 1.29 is 9.84 Å². The van der Waals surface area contributed by atoms with Crippen molar-refractivity contribution in [2.24, 2.45) is 0 Å². The van der Waals surface area contributed by atoms with Crippen LogP contribution in [0.1, 0.15) is 18.9 Å². The first kappa shape index (κ1) is 16.2. The summed E-state index contributed by atoms with van der Waals surface area (Å²) in [6.07, 6.45) is 2.22. The number of aliphatic hydroxyl groups is 1. The molecule has 0 aliphatic rings. The highest BCUT2D eigenvalue weighted by Crippen LogP contribution is 2.25. The third kappa shape index (κ3) is 6.23. The number of nitrogens with one attached hydrogen (secondary N) is 1. The van der Waals surface area contributed by atoms with E-state index in [-0.39, 0.29) is 6.61 Å². The molecule has 19 heavy (non-hydrogen) atoms. The summed E-state index contributed by atoms with van der Waals surface area (Å²) in [5.41, 5.74) is 1.17. The van der Waals surface area contributed by atoms with Crippen LogP contribution in [-0.2, 0) is 0 Å². The first-order chi connectivity index (χ1) is 9.02. The van der Waals surface area contributed by atoms with E-state index in [0.29, 0.717) is 12.6 Å². The van der Waals surface area contributed by atoms with Crippen LogP contribution in [0.2, 0.25) is 0 Å². The van der Waals surface area contributed by atoms with Crippen LogP contribution in [0.5, 0.6) is 5.75 Å². The molecule has 1 rings (SSSR count). The van der Waals surface area contributed by atoms with Crippen LogP contribution in [0.3, 0.4) is 0 Å². The fraction of sp³-hybridized carbons (Fsp3) is 0.467. The SMILES string of the molecule is C=CCC(C)NCC(O)COc1ccc(C)cc1Br. The fourth-order valence-electron chi connectivity index (χ4n) is 1.64. The largest absolute Gasteiger partial charge is 0.490 e. The molecule has 1 aromatic rings. The smallest absolute Gasteiger partial charge is 0.133 e. The second-order valence-corrected chi connectivity index (χ2v) is 5.59. The molecule has 106 valence electrons. The van der Waals surface area contributed by atoms with Gasteiger partial charge >= 0.3 is 0 Å². The van der Waals surface area contributed by atoms with Crippen molar-refractivity contribution in [1.29, 1.82) is 0 Å². The van der Waals surface area contributed by atoms with Crippen molar-refractivity contribution in [3.05, 3.63) is 40.9 Å². The number of aliphatic hydroxyl groups excluding tert-OH is 1. The third-order valence-corrected chi connectivity index (χ3v) is 3.36. The number of aryl methyl sites for hydroxylation is 1. The van der Waals surface area contributed by atoms with Gasteiger partial charge in [-0.05, 0) is 53.9 Å². The Morgan fingerprint density at radius 3 is 2.89 bits per heavy atom. The molecule has 0 aliphatic heterocycles. The third-order valence-electron chi connectivity index (χ3n) is 2.74. The van der Waals surface area contributed by atoms with Crippen LogP contribution in [0, 0.1) is 6.92 Å². The molecule has 0 aromatic heterocycles. The molecular weight excluding hydrogens is 306 g/mol. The first-order valence-corrected chi connectivity index (χ1v) is 7.23. The van der Waals surface area contributed by atoms with Crippen molar-refractivity contribution in [2.75, 3.05) is 13.2 Å². The van der Waals surface area contributed by atoms with E-state index in [1.807, 2.05) is 31.2 Å². The second kappa shape index (κ2) is 8.35. The van der Waals surface area contributed by atoms with Crippen molar-refractivity contribution in [2.45, 2.75) is 32.4 Å². The van der Waals surface area contributed by atoms with E-state index in [9.17, 15) is 5.11 Å². The van der Waals surface area contributed by atoms with Gasteiger partial charge in [0.25, 0.3) is 0 Å². The maximum atomic E-state index is 9.84. The molecule has 0 saturated heterocycles. The van der Waals surface area contributed by atoms with E-state index in [2.05, 4.69) is 34.7 Å². The highest BCUT2D eigenvalue weighted by molar-refractivity contribution is 9.10. The standard InChI is InChI=1S/C15H22BrNO2/c1-4-5-12(3)17-9-13(18)10-19-15-7-6-11(2)8-14(15)16/h4,6-8,12-13,17-18H,1,5,9-10H2,2-3H3. The van der Waals surface area contributed by atoms with Crippen molar-refractivity contribution in [1.82, 2.24) is 5.32 Å². The normalized spacial score (nSPS) is 13.9. The zero-order chi connectivity index (χ0) is 14.3. The van der Waals surface area contributed by atoms with Crippen LogP contribution in [-0.4, -0.2) is 30.4 Å². The van der Waals surface area contributed by atoms with Gasteiger partial charge in [-0.2, -0.15) is 0 Å². The lowest BCUT2D eigenvalue weighted by molar-refractivity contribution is 0.104. The minimum Gasteiger partial charge on any atom is -0.490 e. The lowest BCUT2D eigenvalue weighted by Crippen LogP contribution is -2.36. The number of ether oxygens (including phenoxy) is 1. The lowest BCUT2D eigenvalue weighted by atomic mass is 10.2. The summed E-state index contributed by atoms with van der Waals surface area (Å²) in [7, 11) is 0. The lowest BCUT2D eigenvalue weighted by Gasteiger charge is -2.17. The summed E-state index contributed by atoms with van der Waals surface area (Å²) in [5.74, 6) is 0.754. The summed E-state index contributed by atoms with van der Waals surface area (Å²) in [4.78, 5) is 0. The Morgan fingerprint density at radius 2 is 2.26 bits per heavy atom. The Morgan fingerprint density at radius 1 is 1.53 bits per heavy atom. The van der Waals surface area contributed by atoms with Gasteiger partial charge < -0.3 is 15.2 Å². The van der Waals surface area contributed by atoms with Gasteiger partial charge in [0.1, 0.15) is 18.5 Å². The Hall–Kier alpha value is -0.840. The van der Waals surface area contributed by atoms with Gasteiger partial charge in [-0.15, -0.1) is 6.58 Å². The van der Waals surface area contributed by atoms with Gasteiger partial charge in [0.2, 0.25) is 0 Å². The molecule has 2 N–H and O–H groups in total. The average Bonchev–Trinajstić information content (AvgIpc) is 2.35. The molecule has 0 bridgehead atoms. The maximum absolute atomic E-state index is 9.84. The summed E-state index contributed by atoms with van der Waals surface area (Å²) in [6, 6.07) is 6.20. The van der Waals surface area contributed by atoms with Crippen molar-refractivity contribution in [3.63, 3.8) is 0 Å². The van der Waals surface area contributed by atoms with Gasteiger partial charge in [-0.25, -0.2) is 0 Å². The molecule has 2 unspecified atom stereocenters. The Bertz CT molecular complexity index is 409. The number of rotatable bonds is 8. The molecule has 0 aliphatic carbocycles. The summed E-state index contributed by atoms with van der Waals surface area (Å²) in [6.45, 7) is 8.56. The predicted octanol–water partition coefficient (Wildman–Crippen LogP) is 3.05. The van der Waals surface area contributed by atoms with Crippen molar-refractivity contribution in [3.8, 4) is 5.75 Å². The second-order valence-electron chi connectivity index (χ2n) is 4.73. The summed E-state index contributed by atoms with van der Waals surface area (Å²) < 4.78 is 6.50. The minimum absolute atomic E-state index is 0.273. The van der Waals surface area contributed by atoms with E-state index >= 15 is 0 Å². The molecule has 0 heterocycles. The monoisotopic (exact) mass is 327 g/mol. The van der Waals surface area contributed by atoms with Gasteiger partial charge in [0, 0.05) is 12.6 Å². The zero-order valence-electron chi connectivity index (χ0n) is 11.5. The van der Waals surface area contributed by atoms with Crippen LogP contribution < -0.4 is 10.1 Å². The number of hydrogen-bond acceptors (Lipinski definition) is 3. The summed E-state index contributed by atoms with van der Waals surface area (Å²) in [5, 5.41) is 13.1. The molecular formula is C15H22BrNO2. The van der Waals surface area contributed by atoms with E-state index in [1.54, 1.807) is 0 Å². The van der Waals surface area contributed by atoms with Crippen LogP contribution in [0.15, 0.2) is 35.3 Å². The summed E-state index contributed by atoms with van der Waals surface area (Å²) >= 11 is 3.45. The molecule has 4 heteroatoms. The number of halogens is 1. The van der Waals surface area contributed by atoms with Gasteiger partial charge in [0.15, 0.2) is 0 Å². The van der Waals surface area contributed by atoms with Gasteiger partial charge in [-0.3, -0.25) is 0 Å². The number of benzene rings is 1. The Balaban J connectivity index is 2.33. The van der Waals surface area contributed by atoms with E-state index < -0.39 is 6.10 Å². The maximum Gasteiger partial charge on any atom is 0.133 e. The van der Waals surface area contributed by atoms with Crippen LogP contribution >= 0.6 is 15.9 Å². The van der Waals surface area contributed by atoms with Crippen LogP contribution in [0.4, 0.5) is 0 Å². The fourth-order valence-corrected chi connectivity index (χ4v) is 2.25. The molecule has 1 aromatic carbocycles. The molecule has 2 atom stereocenters. The van der Waals surface area contributed by atoms with Crippen LogP contribution in [0.25, 0.3) is 0 Å². The first-order valence-electron chi connectivity index (χ1n) is 6.44. The predicted molar refractivity (Wildman–Crippen MR) is 82.7 cm³/mol. The molecule has 0 spiro atoms. The van der Waals surface area contributed by atoms with Crippen molar-refractivity contribution >= 4 is 15.9 Å². The molecule has 0 radical (unpaired) electrons. The highest BCUT2D eigenvalue weighted by atomic mass is 79.9. The topological polar surface area (TPSA) is 41.5 Å². The van der Waals surface area contributed by atoms with E-state index in [4.69, 9.17) is 4.74 Å². The average molecular weight is 328 g/mol. The molecule has 0 amide bonds. The van der Waals surface area contributed by atoms with Gasteiger partial charge in [-0.1, -0.05) is 12.1 Å².